The zero-order chi connectivity index (χ0) is 10.9. The summed E-state index contributed by atoms with van der Waals surface area (Å²) < 4.78 is 31.8. The SMILES string of the molecule is FCC1(CF)C=Cc2cc(I)ccc2O1. The molecule has 80 valence electrons. The maximum absolute atomic E-state index is 12.7. The molecule has 1 nitrogen and oxygen atoms in total. The monoisotopic (exact) mass is 322 g/mol. The molecule has 0 bridgehead atoms. The van der Waals surface area contributed by atoms with Crippen molar-refractivity contribution in [3.05, 3.63) is 33.4 Å². The van der Waals surface area contributed by atoms with Gasteiger partial charge in [0.15, 0.2) is 5.60 Å². The molecule has 4 heteroatoms. The van der Waals surface area contributed by atoms with E-state index in [9.17, 15) is 8.78 Å². The van der Waals surface area contributed by atoms with Crippen LogP contribution in [0.1, 0.15) is 5.56 Å². The maximum Gasteiger partial charge on any atom is 0.184 e. The molecule has 1 aliphatic heterocycles. The number of benzene rings is 1. The summed E-state index contributed by atoms with van der Waals surface area (Å²) in [5, 5.41) is 0. The second kappa shape index (κ2) is 4.08. The Morgan fingerprint density at radius 1 is 1.27 bits per heavy atom. The molecule has 2 rings (SSSR count). The van der Waals surface area contributed by atoms with Gasteiger partial charge in [0.25, 0.3) is 0 Å². The molecule has 0 amide bonds. The van der Waals surface area contributed by atoms with E-state index < -0.39 is 19.0 Å². The van der Waals surface area contributed by atoms with Crippen molar-refractivity contribution in [2.75, 3.05) is 13.3 Å². The van der Waals surface area contributed by atoms with Crippen molar-refractivity contribution in [3.8, 4) is 5.75 Å². The Morgan fingerprint density at radius 2 is 2.00 bits per heavy atom. The summed E-state index contributed by atoms with van der Waals surface area (Å²) >= 11 is 2.18. The van der Waals surface area contributed by atoms with Crippen LogP contribution in [-0.4, -0.2) is 19.0 Å². The standard InChI is InChI=1S/C11H9F2IO/c12-6-11(7-13)4-3-8-5-9(14)1-2-10(8)15-11/h1-5H,6-7H2. The predicted octanol–water partition coefficient (Wildman–Crippen LogP) is 3.37. The Kier molecular flexibility index (Phi) is 2.95. The van der Waals surface area contributed by atoms with Gasteiger partial charge in [-0.25, -0.2) is 8.78 Å². The normalized spacial score (nSPS) is 17.0. The zero-order valence-electron chi connectivity index (χ0n) is 7.84. The van der Waals surface area contributed by atoms with Gasteiger partial charge in [-0.05, 0) is 46.9 Å². The van der Waals surface area contributed by atoms with Gasteiger partial charge in [0.1, 0.15) is 19.1 Å². The number of alkyl halides is 2. The fourth-order valence-electron chi connectivity index (χ4n) is 1.42. The van der Waals surface area contributed by atoms with E-state index in [1.54, 1.807) is 12.1 Å². The van der Waals surface area contributed by atoms with E-state index in [2.05, 4.69) is 22.6 Å². The Morgan fingerprint density at radius 3 is 2.67 bits per heavy atom. The lowest BCUT2D eigenvalue weighted by molar-refractivity contribution is 0.0599. The molecule has 0 radical (unpaired) electrons. The largest absolute Gasteiger partial charge is 0.477 e. The highest BCUT2D eigenvalue weighted by Gasteiger charge is 2.33. The highest BCUT2D eigenvalue weighted by atomic mass is 127. The number of fused-ring (bicyclic) bond motifs is 1. The maximum atomic E-state index is 12.7. The molecule has 15 heavy (non-hydrogen) atoms. The van der Waals surface area contributed by atoms with Gasteiger partial charge < -0.3 is 4.74 Å². The summed E-state index contributed by atoms with van der Waals surface area (Å²) in [6.07, 6.45) is 3.16. The van der Waals surface area contributed by atoms with Crippen LogP contribution in [-0.2, 0) is 0 Å². The predicted molar refractivity (Wildman–Crippen MR) is 63.5 cm³/mol. The molecule has 1 aromatic carbocycles. The van der Waals surface area contributed by atoms with Crippen LogP contribution in [0.2, 0.25) is 0 Å². The number of hydrogen-bond acceptors (Lipinski definition) is 1. The molecular formula is C11H9F2IO. The van der Waals surface area contributed by atoms with Gasteiger partial charge in [-0.2, -0.15) is 0 Å². The van der Waals surface area contributed by atoms with Gasteiger partial charge in [0, 0.05) is 9.13 Å². The van der Waals surface area contributed by atoms with Crippen molar-refractivity contribution >= 4 is 28.7 Å². The van der Waals surface area contributed by atoms with Gasteiger partial charge in [-0.15, -0.1) is 0 Å². The smallest absolute Gasteiger partial charge is 0.184 e. The molecule has 0 atom stereocenters. The van der Waals surface area contributed by atoms with Crippen molar-refractivity contribution in [2.24, 2.45) is 0 Å². The quantitative estimate of drug-likeness (QED) is 0.759. The van der Waals surface area contributed by atoms with Crippen LogP contribution in [0.15, 0.2) is 24.3 Å². The van der Waals surface area contributed by atoms with Gasteiger partial charge in [0.2, 0.25) is 0 Å². The Labute approximate surface area is 100 Å². The first-order chi connectivity index (χ1) is 7.19. The van der Waals surface area contributed by atoms with Gasteiger partial charge >= 0.3 is 0 Å². The molecular weight excluding hydrogens is 313 g/mol. The van der Waals surface area contributed by atoms with Crippen molar-refractivity contribution in [1.82, 2.24) is 0 Å². The van der Waals surface area contributed by atoms with E-state index in [-0.39, 0.29) is 0 Å². The van der Waals surface area contributed by atoms with Crippen molar-refractivity contribution < 1.29 is 13.5 Å². The van der Waals surface area contributed by atoms with Crippen molar-refractivity contribution in [2.45, 2.75) is 5.60 Å². The molecule has 0 fully saturated rings. The van der Waals surface area contributed by atoms with Crippen LogP contribution >= 0.6 is 22.6 Å². The van der Waals surface area contributed by atoms with Crippen molar-refractivity contribution in [1.29, 1.82) is 0 Å². The minimum Gasteiger partial charge on any atom is -0.477 e. The molecule has 0 saturated heterocycles. The van der Waals surface area contributed by atoms with E-state index in [1.165, 1.54) is 6.08 Å². The lowest BCUT2D eigenvalue weighted by atomic mass is 10.0. The molecule has 1 aliphatic rings. The van der Waals surface area contributed by atoms with E-state index in [1.807, 2.05) is 12.1 Å². The fourth-order valence-corrected chi connectivity index (χ4v) is 1.93. The molecule has 1 heterocycles. The van der Waals surface area contributed by atoms with Gasteiger partial charge in [0.05, 0.1) is 0 Å². The topological polar surface area (TPSA) is 9.23 Å². The number of rotatable bonds is 2. The summed E-state index contributed by atoms with van der Waals surface area (Å²) in [6, 6.07) is 5.49. The van der Waals surface area contributed by atoms with E-state index >= 15 is 0 Å². The van der Waals surface area contributed by atoms with Crippen LogP contribution in [0, 0.1) is 3.57 Å². The molecule has 1 aromatic rings. The first-order valence-electron chi connectivity index (χ1n) is 4.49. The minimum atomic E-state index is -1.42. The molecule has 0 aromatic heterocycles. The van der Waals surface area contributed by atoms with E-state index in [0.717, 1.165) is 9.13 Å². The van der Waals surface area contributed by atoms with E-state index in [0.29, 0.717) is 5.75 Å². The van der Waals surface area contributed by atoms with Crippen LogP contribution < -0.4 is 4.74 Å². The second-order valence-electron chi connectivity index (χ2n) is 3.45. The summed E-state index contributed by atoms with van der Waals surface area (Å²) in [6.45, 7) is -1.71. The van der Waals surface area contributed by atoms with E-state index in [4.69, 9.17) is 4.74 Å². The Bertz CT molecular complexity index is 400. The first kappa shape index (κ1) is 10.9. The average molecular weight is 322 g/mol. The highest BCUT2D eigenvalue weighted by molar-refractivity contribution is 14.1. The number of hydrogen-bond donors (Lipinski definition) is 0. The molecule has 0 N–H and O–H groups in total. The van der Waals surface area contributed by atoms with Gasteiger partial charge in [-0.1, -0.05) is 6.08 Å². The molecule has 0 saturated carbocycles. The third-order valence-electron chi connectivity index (χ3n) is 2.30. The number of halogens is 3. The highest BCUT2D eigenvalue weighted by Crippen LogP contribution is 2.32. The summed E-state index contributed by atoms with van der Waals surface area (Å²) in [4.78, 5) is 0. The third kappa shape index (κ3) is 2.00. The van der Waals surface area contributed by atoms with Crippen molar-refractivity contribution in [3.63, 3.8) is 0 Å². The van der Waals surface area contributed by atoms with Crippen LogP contribution in [0.5, 0.6) is 5.75 Å². The lowest BCUT2D eigenvalue weighted by Crippen LogP contribution is -2.40. The van der Waals surface area contributed by atoms with Crippen LogP contribution in [0.25, 0.3) is 6.08 Å². The fraction of sp³-hybridized carbons (Fsp3) is 0.273. The number of ether oxygens (including phenoxy) is 1. The van der Waals surface area contributed by atoms with Gasteiger partial charge in [-0.3, -0.25) is 0 Å². The summed E-state index contributed by atoms with van der Waals surface area (Å²) in [5.74, 6) is 0.535. The molecule has 0 unspecified atom stereocenters. The zero-order valence-corrected chi connectivity index (χ0v) is 10.0. The average Bonchev–Trinajstić information content (AvgIpc) is 2.28. The second-order valence-corrected chi connectivity index (χ2v) is 4.70. The summed E-state index contributed by atoms with van der Waals surface area (Å²) in [7, 11) is 0. The van der Waals surface area contributed by atoms with Crippen LogP contribution in [0.3, 0.4) is 0 Å². The Balaban J connectivity index is 2.39. The first-order valence-corrected chi connectivity index (χ1v) is 5.57. The van der Waals surface area contributed by atoms with Crippen LogP contribution in [0.4, 0.5) is 8.78 Å². The lowest BCUT2D eigenvalue weighted by Gasteiger charge is -2.30. The Hall–Kier alpha value is -0.650. The molecule has 0 aliphatic carbocycles. The minimum absolute atomic E-state index is 0.535. The third-order valence-corrected chi connectivity index (χ3v) is 2.98. The molecule has 0 spiro atoms. The summed E-state index contributed by atoms with van der Waals surface area (Å²) in [5.41, 5.74) is -0.556.